The number of amides is 2. The van der Waals surface area contributed by atoms with Crippen LogP contribution in [-0.2, 0) is 9.59 Å². The molecular weight excluding hydrogens is 348 g/mol. The molecule has 1 unspecified atom stereocenters. The van der Waals surface area contributed by atoms with Crippen LogP contribution in [0, 0.1) is 0 Å². The highest BCUT2D eigenvalue weighted by molar-refractivity contribution is 6.01. The third kappa shape index (κ3) is 2.53. The van der Waals surface area contributed by atoms with E-state index >= 15 is 0 Å². The highest BCUT2D eigenvalue weighted by Gasteiger charge is 2.34. The zero-order valence-corrected chi connectivity index (χ0v) is 14.7. The van der Waals surface area contributed by atoms with Crippen LogP contribution in [0.5, 0.6) is 0 Å². The van der Waals surface area contributed by atoms with Gasteiger partial charge >= 0.3 is 5.69 Å². The lowest BCUT2D eigenvalue weighted by Crippen LogP contribution is -2.49. The Balaban J connectivity index is 1.50. The largest absolute Gasteiger partial charge is 0.346 e. The van der Waals surface area contributed by atoms with E-state index < -0.39 is 6.04 Å². The molecule has 3 N–H and O–H groups in total. The summed E-state index contributed by atoms with van der Waals surface area (Å²) < 4.78 is 1.76. The first-order valence-corrected chi connectivity index (χ1v) is 9.26. The van der Waals surface area contributed by atoms with Crippen LogP contribution in [0.2, 0.25) is 0 Å². The van der Waals surface area contributed by atoms with Gasteiger partial charge in [0.15, 0.2) is 0 Å². The van der Waals surface area contributed by atoms with Crippen LogP contribution in [0.3, 0.4) is 0 Å². The maximum atomic E-state index is 12.8. The zero-order chi connectivity index (χ0) is 18.5. The molecule has 0 radical (unpaired) electrons. The smallest absolute Gasteiger partial charge is 0.326 e. The zero-order valence-electron chi connectivity index (χ0n) is 14.7. The van der Waals surface area contributed by atoms with Gasteiger partial charge in [0.25, 0.3) is 0 Å². The standard InChI is InChI=1S/C18H20N6O3/c25-14-4-3-12(21-14)17(26)23-7-1-2-10(9-23)24-15-11-5-6-19-16(11)20-8-13(15)22-18(24)27/h5-6,8,10,12H,1-4,7,9H2,(H,19,20)(H,21,25)(H,22,27)/t10-,12?/m1/s1. The molecule has 0 aliphatic carbocycles. The van der Waals surface area contributed by atoms with Crippen LogP contribution in [0.1, 0.15) is 31.7 Å². The quantitative estimate of drug-likeness (QED) is 0.616. The maximum absolute atomic E-state index is 12.8. The Kier molecular flexibility index (Phi) is 3.56. The van der Waals surface area contributed by atoms with E-state index in [0.717, 1.165) is 29.4 Å². The van der Waals surface area contributed by atoms with Crippen molar-refractivity contribution in [1.29, 1.82) is 0 Å². The average molecular weight is 368 g/mol. The molecule has 3 aromatic heterocycles. The summed E-state index contributed by atoms with van der Waals surface area (Å²) in [5, 5.41) is 3.63. The Morgan fingerprint density at radius 2 is 2.15 bits per heavy atom. The van der Waals surface area contributed by atoms with E-state index in [4.69, 9.17) is 0 Å². The second-order valence-corrected chi connectivity index (χ2v) is 7.30. The van der Waals surface area contributed by atoms with Crippen molar-refractivity contribution in [3.63, 3.8) is 0 Å². The van der Waals surface area contributed by atoms with Gasteiger partial charge in [-0.15, -0.1) is 0 Å². The molecule has 0 saturated carbocycles. The van der Waals surface area contributed by atoms with Crippen molar-refractivity contribution in [2.75, 3.05) is 13.1 Å². The fraction of sp³-hybridized carbons (Fsp3) is 0.444. The van der Waals surface area contributed by atoms with E-state index in [1.165, 1.54) is 0 Å². The molecule has 27 heavy (non-hydrogen) atoms. The van der Waals surface area contributed by atoms with Gasteiger partial charge in [-0.3, -0.25) is 14.2 Å². The van der Waals surface area contributed by atoms with Crippen LogP contribution >= 0.6 is 0 Å². The van der Waals surface area contributed by atoms with E-state index in [1.54, 1.807) is 21.9 Å². The maximum Gasteiger partial charge on any atom is 0.326 e. The summed E-state index contributed by atoms with van der Waals surface area (Å²) in [4.78, 5) is 49.0. The second-order valence-electron chi connectivity index (χ2n) is 7.30. The Morgan fingerprint density at radius 3 is 2.96 bits per heavy atom. The molecule has 0 bridgehead atoms. The number of aromatic nitrogens is 4. The number of fused-ring (bicyclic) bond motifs is 3. The van der Waals surface area contributed by atoms with Gasteiger partial charge in [0, 0.05) is 31.1 Å². The summed E-state index contributed by atoms with van der Waals surface area (Å²) in [6.45, 7) is 1.12. The van der Waals surface area contributed by atoms with Crippen molar-refractivity contribution >= 4 is 33.9 Å². The van der Waals surface area contributed by atoms with Gasteiger partial charge in [-0.25, -0.2) is 9.78 Å². The molecule has 0 spiro atoms. The first-order chi connectivity index (χ1) is 13.1. The molecule has 3 aromatic rings. The van der Waals surface area contributed by atoms with Crippen LogP contribution in [-0.4, -0.2) is 55.4 Å². The molecule has 140 valence electrons. The summed E-state index contributed by atoms with van der Waals surface area (Å²) >= 11 is 0. The lowest BCUT2D eigenvalue weighted by Gasteiger charge is -2.34. The minimum absolute atomic E-state index is 0.0492. The minimum Gasteiger partial charge on any atom is -0.346 e. The monoisotopic (exact) mass is 368 g/mol. The first kappa shape index (κ1) is 16.1. The molecule has 5 heterocycles. The number of nitrogens with zero attached hydrogens (tertiary/aromatic N) is 3. The third-order valence-electron chi connectivity index (χ3n) is 5.63. The number of piperidine rings is 1. The minimum atomic E-state index is -0.434. The molecule has 9 heteroatoms. The van der Waals surface area contributed by atoms with Crippen molar-refractivity contribution in [2.45, 2.75) is 37.8 Å². The van der Waals surface area contributed by atoms with Gasteiger partial charge in [-0.2, -0.15) is 0 Å². The van der Waals surface area contributed by atoms with Gasteiger partial charge in [-0.05, 0) is 25.3 Å². The van der Waals surface area contributed by atoms with Crippen molar-refractivity contribution in [3.05, 3.63) is 28.9 Å². The molecule has 2 aliphatic rings. The van der Waals surface area contributed by atoms with E-state index in [0.29, 0.717) is 31.4 Å². The number of likely N-dealkylation sites (tertiary alicyclic amines) is 1. The van der Waals surface area contributed by atoms with Gasteiger partial charge in [-0.1, -0.05) is 0 Å². The number of imidazole rings is 1. The molecule has 2 amide bonds. The number of hydrogen-bond donors (Lipinski definition) is 3. The number of rotatable bonds is 2. The molecule has 0 aromatic carbocycles. The highest BCUT2D eigenvalue weighted by atomic mass is 16.2. The van der Waals surface area contributed by atoms with Crippen LogP contribution in [0.15, 0.2) is 23.3 Å². The summed E-state index contributed by atoms with van der Waals surface area (Å²) in [5.74, 6) is -0.121. The van der Waals surface area contributed by atoms with Crippen LogP contribution < -0.4 is 11.0 Å². The second kappa shape index (κ2) is 5.97. The third-order valence-corrected chi connectivity index (χ3v) is 5.63. The SMILES string of the molecule is O=C1CCC(C(=O)N2CCC[C@@H](n3c(=O)[nH]c4cnc5[nH]ccc5c43)C2)N1. The molecule has 5 rings (SSSR count). The molecular formula is C18H20N6O3. The molecule has 9 nitrogen and oxygen atoms in total. The number of carbonyl (C=O) groups excluding carboxylic acids is 2. The van der Waals surface area contributed by atoms with E-state index in [9.17, 15) is 14.4 Å². The van der Waals surface area contributed by atoms with Crippen molar-refractivity contribution < 1.29 is 9.59 Å². The summed E-state index contributed by atoms with van der Waals surface area (Å²) in [6.07, 6.45) is 6.04. The number of carbonyl (C=O) groups is 2. The summed E-state index contributed by atoms with van der Waals surface area (Å²) in [6, 6.07) is 1.37. The lowest BCUT2D eigenvalue weighted by atomic mass is 10.0. The Hall–Kier alpha value is -3.10. The number of aromatic amines is 2. The highest BCUT2D eigenvalue weighted by Crippen LogP contribution is 2.28. The number of pyridine rings is 1. The van der Waals surface area contributed by atoms with Crippen LogP contribution in [0.25, 0.3) is 22.1 Å². The van der Waals surface area contributed by atoms with Gasteiger partial charge in [0.1, 0.15) is 11.7 Å². The van der Waals surface area contributed by atoms with Gasteiger partial charge < -0.3 is 20.2 Å². The van der Waals surface area contributed by atoms with Crippen molar-refractivity contribution in [1.82, 2.24) is 29.7 Å². The predicted molar refractivity (Wildman–Crippen MR) is 98.2 cm³/mol. The molecule has 2 aliphatic heterocycles. The van der Waals surface area contributed by atoms with Crippen molar-refractivity contribution in [3.8, 4) is 0 Å². The van der Waals surface area contributed by atoms with Crippen LogP contribution in [0.4, 0.5) is 0 Å². The Labute approximate surface area is 153 Å². The predicted octanol–water partition coefficient (Wildman–Crippen LogP) is 0.648. The Bertz CT molecular complexity index is 1110. The number of hydrogen-bond acceptors (Lipinski definition) is 4. The van der Waals surface area contributed by atoms with E-state index in [2.05, 4.69) is 20.3 Å². The van der Waals surface area contributed by atoms with Gasteiger partial charge in [0.2, 0.25) is 11.8 Å². The normalized spacial score (nSPS) is 23.3. The number of nitrogens with one attached hydrogen (secondary N) is 3. The molecule has 2 saturated heterocycles. The molecule has 2 fully saturated rings. The lowest BCUT2D eigenvalue weighted by molar-refractivity contribution is -0.135. The average Bonchev–Trinajstić information content (AvgIpc) is 3.38. The fourth-order valence-corrected chi connectivity index (χ4v) is 4.36. The summed E-state index contributed by atoms with van der Waals surface area (Å²) in [5.41, 5.74) is 2.06. The fourth-order valence-electron chi connectivity index (χ4n) is 4.36. The van der Waals surface area contributed by atoms with Crippen molar-refractivity contribution in [2.24, 2.45) is 0 Å². The topological polar surface area (TPSA) is 116 Å². The first-order valence-electron chi connectivity index (χ1n) is 9.26. The number of H-pyrrole nitrogens is 2. The van der Waals surface area contributed by atoms with Gasteiger partial charge in [0.05, 0.1) is 23.3 Å². The Morgan fingerprint density at radius 1 is 1.26 bits per heavy atom. The summed E-state index contributed by atoms with van der Waals surface area (Å²) in [7, 11) is 0. The van der Waals surface area contributed by atoms with E-state index in [-0.39, 0.29) is 23.5 Å². The molecule has 2 atom stereocenters. The van der Waals surface area contributed by atoms with E-state index in [1.807, 2.05) is 6.07 Å².